The number of piperidine rings is 1. The van der Waals surface area contributed by atoms with E-state index < -0.39 is 5.97 Å². The molecule has 0 amide bonds. The molecule has 0 aliphatic carbocycles. The van der Waals surface area contributed by atoms with E-state index in [-0.39, 0.29) is 11.3 Å². The third kappa shape index (κ3) is 3.23. The summed E-state index contributed by atoms with van der Waals surface area (Å²) in [6, 6.07) is 13.6. The molecule has 0 N–H and O–H groups in total. The largest absolute Gasteiger partial charge is 0.464 e. The van der Waals surface area contributed by atoms with Gasteiger partial charge in [-0.1, -0.05) is 18.2 Å². The number of para-hydroxylation sites is 1. The fraction of sp³-hybridized carbons (Fsp3) is 0.364. The quantitative estimate of drug-likeness (QED) is 0.619. The Balaban J connectivity index is 1.35. The molecule has 3 aromatic rings. The molecular formula is C22H23N5O3. The standard InChI is InChI=1S/C22H23N5O3/c1-29-21(28)18-7-8-19(24-23-18)26-12-10-22(11-13-26)20-16(9-14-30-22)15-27(25-20)17-5-3-2-4-6-17/h2-8,15H,9-14H2,1H3. The van der Waals surface area contributed by atoms with E-state index in [4.69, 9.17) is 9.84 Å². The van der Waals surface area contributed by atoms with Crippen molar-refractivity contribution in [3.8, 4) is 5.69 Å². The van der Waals surface area contributed by atoms with Crippen LogP contribution in [0.3, 0.4) is 0 Å². The molecule has 30 heavy (non-hydrogen) atoms. The lowest BCUT2D eigenvalue weighted by Crippen LogP contribution is -2.47. The minimum atomic E-state index is -0.483. The number of hydrogen-bond donors (Lipinski definition) is 0. The first-order valence-electron chi connectivity index (χ1n) is 10.1. The fourth-order valence-electron chi connectivity index (χ4n) is 4.30. The Bertz CT molecular complexity index is 1040. The first-order chi connectivity index (χ1) is 14.7. The summed E-state index contributed by atoms with van der Waals surface area (Å²) in [4.78, 5) is 13.7. The Morgan fingerprint density at radius 2 is 1.90 bits per heavy atom. The topological polar surface area (TPSA) is 82.4 Å². The average Bonchev–Trinajstić information content (AvgIpc) is 3.26. The lowest BCUT2D eigenvalue weighted by Gasteiger charge is -2.43. The third-order valence-corrected chi connectivity index (χ3v) is 5.93. The zero-order valence-corrected chi connectivity index (χ0v) is 16.8. The summed E-state index contributed by atoms with van der Waals surface area (Å²) in [5.41, 5.74) is 3.23. The highest BCUT2D eigenvalue weighted by Gasteiger charge is 2.43. The van der Waals surface area contributed by atoms with Crippen molar-refractivity contribution in [3.63, 3.8) is 0 Å². The number of aromatic nitrogens is 4. The van der Waals surface area contributed by atoms with Gasteiger partial charge in [0.05, 0.1) is 25.1 Å². The van der Waals surface area contributed by atoms with Gasteiger partial charge >= 0.3 is 5.97 Å². The summed E-state index contributed by atoms with van der Waals surface area (Å²) in [6.45, 7) is 2.27. The molecule has 1 saturated heterocycles. The summed E-state index contributed by atoms with van der Waals surface area (Å²) in [6.07, 6.45) is 4.67. The zero-order valence-electron chi connectivity index (χ0n) is 16.8. The van der Waals surface area contributed by atoms with Crippen molar-refractivity contribution in [3.05, 3.63) is 65.6 Å². The molecule has 0 atom stereocenters. The van der Waals surface area contributed by atoms with E-state index in [0.717, 1.165) is 49.6 Å². The lowest BCUT2D eigenvalue weighted by atomic mass is 9.84. The van der Waals surface area contributed by atoms with Crippen molar-refractivity contribution >= 4 is 11.8 Å². The molecule has 2 aliphatic heterocycles. The minimum Gasteiger partial charge on any atom is -0.464 e. The first kappa shape index (κ1) is 18.7. The lowest BCUT2D eigenvalue weighted by molar-refractivity contribution is -0.0797. The highest BCUT2D eigenvalue weighted by atomic mass is 16.5. The highest BCUT2D eigenvalue weighted by molar-refractivity contribution is 5.86. The van der Waals surface area contributed by atoms with Gasteiger partial charge in [0.15, 0.2) is 11.5 Å². The number of benzene rings is 1. The summed E-state index contributed by atoms with van der Waals surface area (Å²) in [5.74, 6) is 0.270. The van der Waals surface area contributed by atoms with Crippen LogP contribution in [0.4, 0.5) is 5.82 Å². The second-order valence-corrected chi connectivity index (χ2v) is 7.63. The minimum absolute atomic E-state index is 0.210. The molecule has 5 rings (SSSR count). The van der Waals surface area contributed by atoms with E-state index in [0.29, 0.717) is 6.61 Å². The number of hydrogen-bond acceptors (Lipinski definition) is 7. The van der Waals surface area contributed by atoms with Gasteiger partial charge in [-0.3, -0.25) is 0 Å². The molecule has 8 nitrogen and oxygen atoms in total. The number of fused-ring (bicyclic) bond motifs is 2. The van der Waals surface area contributed by atoms with Crippen molar-refractivity contribution in [2.24, 2.45) is 0 Å². The van der Waals surface area contributed by atoms with Gasteiger partial charge in [-0.15, -0.1) is 10.2 Å². The molecule has 0 radical (unpaired) electrons. The maximum absolute atomic E-state index is 11.6. The molecule has 154 valence electrons. The van der Waals surface area contributed by atoms with Crippen molar-refractivity contribution in [2.45, 2.75) is 24.9 Å². The second-order valence-electron chi connectivity index (χ2n) is 7.63. The first-order valence-corrected chi connectivity index (χ1v) is 10.1. The van der Waals surface area contributed by atoms with Crippen molar-refractivity contribution in [1.82, 2.24) is 20.0 Å². The molecule has 1 aromatic carbocycles. The number of ether oxygens (including phenoxy) is 2. The van der Waals surface area contributed by atoms with Crippen LogP contribution in [-0.2, 0) is 21.5 Å². The Morgan fingerprint density at radius 3 is 2.60 bits per heavy atom. The molecule has 2 aliphatic rings. The molecule has 4 heterocycles. The van der Waals surface area contributed by atoms with Crippen molar-refractivity contribution < 1.29 is 14.3 Å². The molecule has 1 fully saturated rings. The number of anilines is 1. The van der Waals surface area contributed by atoms with Crippen LogP contribution in [0, 0.1) is 0 Å². The van der Waals surface area contributed by atoms with E-state index in [1.54, 1.807) is 6.07 Å². The summed E-state index contributed by atoms with van der Waals surface area (Å²) in [7, 11) is 1.33. The van der Waals surface area contributed by atoms with Gasteiger partial charge in [-0.05, 0) is 49.1 Å². The number of rotatable bonds is 3. The number of nitrogens with zero attached hydrogens (tertiary/aromatic N) is 5. The number of carbonyl (C=O) groups is 1. The van der Waals surface area contributed by atoms with Crippen molar-refractivity contribution in [2.75, 3.05) is 31.7 Å². The molecule has 0 saturated carbocycles. The Morgan fingerprint density at radius 1 is 1.10 bits per heavy atom. The van der Waals surface area contributed by atoms with E-state index in [2.05, 4.69) is 38.2 Å². The highest BCUT2D eigenvalue weighted by Crippen LogP contribution is 2.41. The summed E-state index contributed by atoms with van der Waals surface area (Å²) in [5, 5.41) is 13.1. The van der Waals surface area contributed by atoms with Crippen LogP contribution in [0.25, 0.3) is 5.69 Å². The number of carbonyl (C=O) groups excluding carboxylic acids is 1. The molecule has 2 aromatic heterocycles. The Hall–Kier alpha value is -3.26. The van der Waals surface area contributed by atoms with Gasteiger partial charge in [0.1, 0.15) is 5.60 Å². The van der Waals surface area contributed by atoms with E-state index in [1.165, 1.54) is 12.7 Å². The molecular weight excluding hydrogens is 382 g/mol. The van der Waals surface area contributed by atoms with Crippen LogP contribution in [-0.4, -0.2) is 52.8 Å². The summed E-state index contributed by atoms with van der Waals surface area (Å²) >= 11 is 0. The Kier molecular flexibility index (Phi) is 4.71. The molecule has 8 heteroatoms. The van der Waals surface area contributed by atoms with E-state index in [9.17, 15) is 4.79 Å². The maximum atomic E-state index is 11.6. The predicted octanol–water partition coefficient (Wildman–Crippen LogP) is 2.52. The predicted molar refractivity (Wildman–Crippen MR) is 110 cm³/mol. The van der Waals surface area contributed by atoms with Gasteiger partial charge in [-0.25, -0.2) is 9.48 Å². The number of methoxy groups -OCH3 is 1. The van der Waals surface area contributed by atoms with Gasteiger partial charge in [0.2, 0.25) is 0 Å². The van der Waals surface area contributed by atoms with Crippen LogP contribution in [0.1, 0.15) is 34.6 Å². The second kappa shape index (κ2) is 7.53. The Labute approximate surface area is 174 Å². The van der Waals surface area contributed by atoms with E-state index in [1.807, 2.05) is 28.9 Å². The zero-order chi connectivity index (χ0) is 20.6. The molecule has 0 unspecified atom stereocenters. The van der Waals surface area contributed by atoms with E-state index >= 15 is 0 Å². The van der Waals surface area contributed by atoms with Gasteiger partial charge in [0, 0.05) is 19.3 Å². The van der Waals surface area contributed by atoms with Gasteiger partial charge < -0.3 is 14.4 Å². The van der Waals surface area contributed by atoms with Gasteiger partial charge in [-0.2, -0.15) is 5.10 Å². The number of esters is 1. The molecule has 1 spiro atoms. The summed E-state index contributed by atoms with van der Waals surface area (Å²) < 4.78 is 13.0. The average molecular weight is 405 g/mol. The van der Waals surface area contributed by atoms with Crippen molar-refractivity contribution in [1.29, 1.82) is 0 Å². The maximum Gasteiger partial charge on any atom is 0.358 e. The fourth-order valence-corrected chi connectivity index (χ4v) is 4.30. The van der Waals surface area contributed by atoms with Crippen LogP contribution >= 0.6 is 0 Å². The van der Waals surface area contributed by atoms with Crippen LogP contribution in [0.5, 0.6) is 0 Å². The van der Waals surface area contributed by atoms with Crippen LogP contribution < -0.4 is 4.90 Å². The normalized spacial score (nSPS) is 17.6. The molecule has 0 bridgehead atoms. The smallest absolute Gasteiger partial charge is 0.358 e. The monoisotopic (exact) mass is 405 g/mol. The van der Waals surface area contributed by atoms with Crippen LogP contribution in [0.15, 0.2) is 48.7 Å². The SMILES string of the molecule is COC(=O)c1ccc(N2CCC3(CC2)OCCc2cn(-c4ccccc4)nc23)nn1. The van der Waals surface area contributed by atoms with Gasteiger partial charge in [0.25, 0.3) is 0 Å². The third-order valence-electron chi connectivity index (χ3n) is 5.93. The van der Waals surface area contributed by atoms with Crippen LogP contribution in [0.2, 0.25) is 0 Å².